The van der Waals surface area contributed by atoms with Crippen LogP contribution in [0.2, 0.25) is 0 Å². The highest BCUT2D eigenvalue weighted by Crippen LogP contribution is 2.33. The van der Waals surface area contributed by atoms with Gasteiger partial charge in [0.1, 0.15) is 5.69 Å². The molecule has 0 spiro atoms. The summed E-state index contributed by atoms with van der Waals surface area (Å²) in [6, 6.07) is 1.97. The summed E-state index contributed by atoms with van der Waals surface area (Å²) in [4.78, 5) is 3.05. The lowest BCUT2D eigenvalue weighted by Crippen LogP contribution is -2.08. The molecule has 0 unspecified atom stereocenters. The van der Waals surface area contributed by atoms with Crippen LogP contribution in [0.15, 0.2) is 18.3 Å². The van der Waals surface area contributed by atoms with E-state index in [-0.39, 0.29) is 29.7 Å². The Hall–Kier alpha value is -1.67. The van der Waals surface area contributed by atoms with Crippen LogP contribution in [0.4, 0.5) is 17.6 Å². The molecular formula is C12H11ClF4N4. The second-order valence-electron chi connectivity index (χ2n) is 4.62. The van der Waals surface area contributed by atoms with Crippen molar-refractivity contribution in [2.24, 2.45) is 5.73 Å². The van der Waals surface area contributed by atoms with Gasteiger partial charge in [-0.25, -0.2) is 9.37 Å². The first-order valence-corrected chi connectivity index (χ1v) is 5.92. The van der Waals surface area contributed by atoms with Crippen molar-refractivity contribution in [2.75, 3.05) is 0 Å². The van der Waals surface area contributed by atoms with Crippen molar-refractivity contribution < 1.29 is 17.6 Å². The van der Waals surface area contributed by atoms with E-state index >= 15 is 0 Å². The predicted octanol–water partition coefficient (Wildman–Crippen LogP) is 2.93. The molecule has 114 valence electrons. The molecular weight excluding hydrogens is 312 g/mol. The third-order valence-corrected chi connectivity index (χ3v) is 3.26. The molecule has 0 saturated carbocycles. The van der Waals surface area contributed by atoms with Crippen molar-refractivity contribution >= 4 is 12.4 Å². The highest BCUT2D eigenvalue weighted by Gasteiger charge is 2.33. The number of rotatable bonds is 1. The molecule has 3 rings (SSSR count). The molecule has 3 heterocycles. The molecule has 1 aliphatic rings. The zero-order valence-electron chi connectivity index (χ0n) is 10.6. The van der Waals surface area contributed by atoms with E-state index in [2.05, 4.69) is 10.1 Å². The average Bonchev–Trinajstić information content (AvgIpc) is 2.91. The predicted molar refractivity (Wildman–Crippen MR) is 69.2 cm³/mol. The molecule has 2 aromatic heterocycles. The number of hydrogen-bond acceptors (Lipinski definition) is 3. The molecule has 0 aliphatic carbocycles. The first kappa shape index (κ1) is 15.7. The summed E-state index contributed by atoms with van der Waals surface area (Å²) in [5.74, 6) is -0.844. The van der Waals surface area contributed by atoms with Gasteiger partial charge >= 0.3 is 6.18 Å². The molecule has 0 aromatic carbocycles. The lowest BCUT2D eigenvalue weighted by atomic mass is 10.1. The van der Waals surface area contributed by atoms with E-state index in [9.17, 15) is 17.6 Å². The highest BCUT2D eigenvalue weighted by molar-refractivity contribution is 5.85. The Balaban J connectivity index is 0.00000161. The van der Waals surface area contributed by atoms with Gasteiger partial charge in [0.25, 0.3) is 0 Å². The van der Waals surface area contributed by atoms with E-state index in [0.717, 1.165) is 6.42 Å². The monoisotopic (exact) mass is 322 g/mol. The number of aryl methyl sites for hydroxylation is 1. The van der Waals surface area contributed by atoms with Crippen molar-refractivity contribution in [2.45, 2.75) is 25.2 Å². The van der Waals surface area contributed by atoms with Crippen LogP contribution in [0.1, 0.15) is 23.9 Å². The smallest absolute Gasteiger partial charge is 0.323 e. The Labute approximate surface area is 123 Å². The first-order chi connectivity index (χ1) is 9.36. The zero-order valence-corrected chi connectivity index (χ0v) is 11.4. The number of nitrogens with zero attached hydrogens (tertiary/aromatic N) is 3. The molecule has 1 aliphatic heterocycles. The molecule has 0 bridgehead atoms. The van der Waals surface area contributed by atoms with Gasteiger partial charge in [-0.3, -0.25) is 4.68 Å². The van der Waals surface area contributed by atoms with Gasteiger partial charge in [0.05, 0.1) is 17.6 Å². The van der Waals surface area contributed by atoms with Crippen LogP contribution >= 0.6 is 12.4 Å². The normalized spacial score (nSPS) is 17.5. The second-order valence-corrected chi connectivity index (χ2v) is 4.62. The standard InChI is InChI=1S/C12H10F4N4.ClH/c13-7-5-18-11(12(14,15)16)3-6(7)9-4-10-8(17)1-2-20(10)19-9;/h3-5,8H,1-2,17H2;1H/t8-;/m0./s1. The van der Waals surface area contributed by atoms with E-state index in [4.69, 9.17) is 5.73 Å². The lowest BCUT2D eigenvalue weighted by Gasteiger charge is -2.07. The maximum absolute atomic E-state index is 13.7. The summed E-state index contributed by atoms with van der Waals surface area (Å²) in [5.41, 5.74) is 5.30. The lowest BCUT2D eigenvalue weighted by molar-refractivity contribution is -0.141. The van der Waals surface area contributed by atoms with Gasteiger partial charge in [-0.05, 0) is 18.6 Å². The largest absolute Gasteiger partial charge is 0.433 e. The van der Waals surface area contributed by atoms with Gasteiger partial charge < -0.3 is 5.73 Å². The van der Waals surface area contributed by atoms with E-state index in [0.29, 0.717) is 24.5 Å². The number of halogens is 5. The minimum absolute atomic E-state index is 0. The van der Waals surface area contributed by atoms with Crippen molar-refractivity contribution in [1.29, 1.82) is 0 Å². The van der Waals surface area contributed by atoms with Crippen molar-refractivity contribution in [1.82, 2.24) is 14.8 Å². The van der Waals surface area contributed by atoms with Crippen LogP contribution in [0.5, 0.6) is 0 Å². The van der Waals surface area contributed by atoms with Gasteiger partial charge in [-0.1, -0.05) is 0 Å². The Morgan fingerprint density at radius 2 is 2.00 bits per heavy atom. The fourth-order valence-corrected chi connectivity index (χ4v) is 2.24. The molecule has 9 heteroatoms. The van der Waals surface area contributed by atoms with Gasteiger partial charge in [-0.2, -0.15) is 18.3 Å². The van der Waals surface area contributed by atoms with Crippen LogP contribution in [0.3, 0.4) is 0 Å². The maximum Gasteiger partial charge on any atom is 0.433 e. The van der Waals surface area contributed by atoms with Crippen LogP contribution < -0.4 is 5.73 Å². The van der Waals surface area contributed by atoms with Gasteiger partial charge in [0.2, 0.25) is 0 Å². The topological polar surface area (TPSA) is 56.7 Å². The number of fused-ring (bicyclic) bond motifs is 1. The minimum atomic E-state index is -4.62. The average molecular weight is 323 g/mol. The molecule has 2 aromatic rings. The molecule has 0 saturated heterocycles. The maximum atomic E-state index is 13.7. The van der Waals surface area contributed by atoms with Crippen molar-refractivity contribution in [3.8, 4) is 11.3 Å². The van der Waals surface area contributed by atoms with Crippen molar-refractivity contribution in [3.05, 3.63) is 35.5 Å². The molecule has 0 fully saturated rings. The summed E-state index contributed by atoms with van der Waals surface area (Å²) in [6.07, 6.45) is -3.35. The number of nitrogens with two attached hydrogens (primary N) is 1. The molecule has 4 nitrogen and oxygen atoms in total. The third-order valence-electron chi connectivity index (χ3n) is 3.26. The fraction of sp³-hybridized carbons (Fsp3) is 0.333. The number of hydrogen-bond donors (Lipinski definition) is 1. The van der Waals surface area contributed by atoms with E-state index in [1.165, 1.54) is 6.07 Å². The van der Waals surface area contributed by atoms with Gasteiger partial charge in [0.15, 0.2) is 5.82 Å². The molecule has 21 heavy (non-hydrogen) atoms. The Morgan fingerprint density at radius 1 is 1.29 bits per heavy atom. The zero-order chi connectivity index (χ0) is 14.5. The van der Waals surface area contributed by atoms with E-state index < -0.39 is 17.7 Å². The summed E-state index contributed by atoms with van der Waals surface area (Å²) in [7, 11) is 0. The first-order valence-electron chi connectivity index (χ1n) is 5.92. The number of alkyl halides is 3. The molecule has 1 atom stereocenters. The van der Waals surface area contributed by atoms with Crippen molar-refractivity contribution in [3.63, 3.8) is 0 Å². The molecule has 0 radical (unpaired) electrons. The van der Waals surface area contributed by atoms with Crippen LogP contribution in [0.25, 0.3) is 11.3 Å². The SMILES string of the molecule is Cl.N[C@H]1CCn2nc(-c3cc(C(F)(F)F)ncc3F)cc21. The van der Waals surface area contributed by atoms with Crippen LogP contribution in [-0.2, 0) is 12.7 Å². The number of aromatic nitrogens is 3. The van der Waals surface area contributed by atoms with Gasteiger partial charge in [0, 0.05) is 18.2 Å². The Kier molecular flexibility index (Phi) is 3.94. The number of pyridine rings is 1. The molecule has 2 N–H and O–H groups in total. The second kappa shape index (κ2) is 5.27. The van der Waals surface area contributed by atoms with Crippen LogP contribution in [0, 0.1) is 5.82 Å². The Bertz CT molecular complexity index is 668. The van der Waals surface area contributed by atoms with Gasteiger partial charge in [-0.15, -0.1) is 12.4 Å². The molecule has 0 amide bonds. The third kappa shape index (κ3) is 2.73. The minimum Gasteiger partial charge on any atom is -0.323 e. The van der Waals surface area contributed by atoms with E-state index in [1.54, 1.807) is 4.68 Å². The summed E-state index contributed by atoms with van der Waals surface area (Å²) >= 11 is 0. The van der Waals surface area contributed by atoms with E-state index in [1.807, 2.05) is 0 Å². The highest BCUT2D eigenvalue weighted by atomic mass is 35.5. The summed E-state index contributed by atoms with van der Waals surface area (Å²) < 4.78 is 53.1. The Morgan fingerprint density at radius 3 is 2.62 bits per heavy atom. The summed E-state index contributed by atoms with van der Waals surface area (Å²) in [6.45, 7) is 0.579. The fourth-order valence-electron chi connectivity index (χ4n) is 2.24. The van der Waals surface area contributed by atoms with Crippen LogP contribution in [-0.4, -0.2) is 14.8 Å². The summed E-state index contributed by atoms with van der Waals surface area (Å²) in [5, 5.41) is 4.10. The quantitative estimate of drug-likeness (QED) is 0.821.